The third-order valence-corrected chi connectivity index (χ3v) is 4.99. The van der Waals surface area contributed by atoms with Gasteiger partial charge in [-0.15, -0.1) is 0 Å². The summed E-state index contributed by atoms with van der Waals surface area (Å²) >= 11 is 1.48. The predicted octanol–water partition coefficient (Wildman–Crippen LogP) is 1.71. The molecule has 0 radical (unpaired) electrons. The van der Waals surface area contributed by atoms with Crippen molar-refractivity contribution in [3.63, 3.8) is 0 Å². The van der Waals surface area contributed by atoms with Crippen molar-refractivity contribution in [2.24, 2.45) is 4.99 Å². The summed E-state index contributed by atoms with van der Waals surface area (Å²) in [5, 5.41) is 3.30. The van der Waals surface area contributed by atoms with E-state index >= 15 is 0 Å². The van der Waals surface area contributed by atoms with Gasteiger partial charge in [0, 0.05) is 23.7 Å². The molecule has 26 heavy (non-hydrogen) atoms. The molecule has 7 nitrogen and oxygen atoms in total. The second kappa shape index (κ2) is 6.72. The normalized spacial score (nSPS) is 15.8. The van der Waals surface area contributed by atoms with E-state index in [0.29, 0.717) is 22.8 Å². The number of nitrogens with zero attached hydrogens (tertiary/aromatic N) is 3. The third kappa shape index (κ3) is 2.99. The number of thioether (sulfide) groups is 1. The molecule has 2 aliphatic heterocycles. The number of hydrogen-bond donors (Lipinski definition) is 1. The van der Waals surface area contributed by atoms with Crippen molar-refractivity contribution >= 4 is 34.7 Å². The Kier molecular flexibility index (Phi) is 4.26. The maximum atomic E-state index is 12.7. The maximum absolute atomic E-state index is 12.7. The van der Waals surface area contributed by atoms with Gasteiger partial charge in [-0.1, -0.05) is 17.8 Å². The van der Waals surface area contributed by atoms with Crippen LogP contribution in [0, 0.1) is 0 Å². The Balaban J connectivity index is 1.57. The highest BCUT2D eigenvalue weighted by molar-refractivity contribution is 8.14. The number of amidine groups is 1. The van der Waals surface area contributed by atoms with Gasteiger partial charge in [0.15, 0.2) is 5.17 Å². The van der Waals surface area contributed by atoms with E-state index < -0.39 is 5.91 Å². The molecule has 3 amide bonds. The molecule has 3 heterocycles. The summed E-state index contributed by atoms with van der Waals surface area (Å²) in [5.74, 6) is -0.268. The van der Waals surface area contributed by atoms with Crippen molar-refractivity contribution in [1.82, 2.24) is 15.2 Å². The second-order valence-corrected chi connectivity index (χ2v) is 6.89. The predicted molar refractivity (Wildman–Crippen MR) is 97.1 cm³/mol. The number of fused-ring (bicyclic) bond motifs is 1. The van der Waals surface area contributed by atoms with Gasteiger partial charge in [-0.3, -0.25) is 29.3 Å². The van der Waals surface area contributed by atoms with Crippen LogP contribution < -0.4 is 5.32 Å². The first-order chi connectivity index (χ1) is 12.6. The molecule has 0 atom stereocenters. The minimum Gasteiger partial charge on any atom is -0.301 e. The highest BCUT2D eigenvalue weighted by Gasteiger charge is 2.36. The Hall–Kier alpha value is -3.00. The quantitative estimate of drug-likeness (QED) is 0.835. The maximum Gasteiger partial charge on any atom is 0.261 e. The zero-order valence-electron chi connectivity index (χ0n) is 13.6. The molecule has 0 aliphatic carbocycles. The zero-order valence-corrected chi connectivity index (χ0v) is 14.5. The Labute approximate surface area is 153 Å². The molecule has 2 aliphatic rings. The molecule has 2 aromatic rings. The number of hydrogen-bond acceptors (Lipinski definition) is 6. The fourth-order valence-corrected chi connectivity index (χ4v) is 3.55. The van der Waals surface area contributed by atoms with Gasteiger partial charge in [0.25, 0.3) is 17.7 Å². The van der Waals surface area contributed by atoms with Crippen LogP contribution in [0.3, 0.4) is 0 Å². The van der Waals surface area contributed by atoms with Gasteiger partial charge >= 0.3 is 0 Å². The monoisotopic (exact) mass is 366 g/mol. The molecule has 8 heteroatoms. The summed E-state index contributed by atoms with van der Waals surface area (Å²) < 4.78 is 0. The fraction of sp³-hybridized carbons (Fsp3) is 0.167. The standard InChI is InChI=1S/C18H14N4O3S/c23-15(21-18-20-6-7-26-18)12-3-4-13-14(8-12)17(25)22(16(13)24)10-11-2-1-5-19-9-11/h1-5,8-9H,6-7,10H2,(H,20,21,23). The molecule has 130 valence electrons. The topological polar surface area (TPSA) is 91.7 Å². The molecular weight excluding hydrogens is 352 g/mol. The lowest BCUT2D eigenvalue weighted by molar-refractivity contribution is 0.0642. The average Bonchev–Trinajstić information content (AvgIpc) is 3.25. The Morgan fingerprint density at radius 1 is 1.19 bits per heavy atom. The number of imide groups is 1. The number of amides is 3. The molecule has 0 unspecified atom stereocenters. The first kappa shape index (κ1) is 16.5. The van der Waals surface area contributed by atoms with Crippen LogP contribution in [0.1, 0.15) is 36.6 Å². The number of pyridine rings is 1. The van der Waals surface area contributed by atoms with E-state index in [9.17, 15) is 14.4 Å². The lowest BCUT2D eigenvalue weighted by atomic mass is 10.1. The van der Waals surface area contributed by atoms with Crippen molar-refractivity contribution in [2.45, 2.75) is 6.54 Å². The van der Waals surface area contributed by atoms with Gasteiger partial charge in [-0.25, -0.2) is 0 Å². The molecule has 4 rings (SSSR count). The van der Waals surface area contributed by atoms with Crippen LogP contribution in [0.15, 0.2) is 47.7 Å². The Bertz CT molecular complexity index is 943. The van der Waals surface area contributed by atoms with Gasteiger partial charge < -0.3 is 5.32 Å². The van der Waals surface area contributed by atoms with Gasteiger partial charge in [0.05, 0.1) is 24.2 Å². The highest BCUT2D eigenvalue weighted by Crippen LogP contribution is 2.25. The molecule has 1 aromatic carbocycles. The lowest BCUT2D eigenvalue weighted by Crippen LogP contribution is -2.29. The van der Waals surface area contributed by atoms with Gasteiger partial charge in [-0.05, 0) is 29.8 Å². The van der Waals surface area contributed by atoms with Crippen LogP contribution in [-0.4, -0.2) is 45.1 Å². The van der Waals surface area contributed by atoms with E-state index in [0.717, 1.165) is 11.3 Å². The minimum absolute atomic E-state index is 0.148. The summed E-state index contributed by atoms with van der Waals surface area (Å²) in [5.41, 5.74) is 1.63. The SMILES string of the molecule is O=C(NC1=NCCS1)c1ccc2c(c1)C(=O)N(Cc1cccnc1)C2=O. The fourth-order valence-electron chi connectivity index (χ4n) is 2.83. The van der Waals surface area contributed by atoms with Crippen molar-refractivity contribution in [3.05, 3.63) is 65.0 Å². The molecule has 1 N–H and O–H groups in total. The number of carbonyl (C=O) groups excluding carboxylic acids is 3. The number of nitrogens with one attached hydrogen (secondary N) is 1. The summed E-state index contributed by atoms with van der Waals surface area (Å²) in [6.45, 7) is 0.829. The number of benzene rings is 1. The molecule has 0 saturated heterocycles. The van der Waals surface area contributed by atoms with E-state index in [2.05, 4.69) is 15.3 Å². The molecular formula is C18H14N4O3S. The van der Waals surface area contributed by atoms with Crippen molar-refractivity contribution in [2.75, 3.05) is 12.3 Å². The molecule has 0 spiro atoms. The van der Waals surface area contributed by atoms with Crippen LogP contribution in [0.4, 0.5) is 0 Å². The first-order valence-electron chi connectivity index (χ1n) is 8.01. The van der Waals surface area contributed by atoms with Crippen molar-refractivity contribution < 1.29 is 14.4 Å². The van der Waals surface area contributed by atoms with Crippen LogP contribution in [0.2, 0.25) is 0 Å². The van der Waals surface area contributed by atoms with Gasteiger partial charge in [0.2, 0.25) is 0 Å². The molecule has 0 fully saturated rings. The van der Waals surface area contributed by atoms with E-state index in [1.165, 1.54) is 28.8 Å². The molecule has 0 saturated carbocycles. The second-order valence-electron chi connectivity index (χ2n) is 5.81. The summed E-state index contributed by atoms with van der Waals surface area (Å²) in [4.78, 5) is 46.9. The number of carbonyl (C=O) groups is 3. The third-order valence-electron chi connectivity index (χ3n) is 4.10. The van der Waals surface area contributed by atoms with Crippen LogP contribution in [0.25, 0.3) is 0 Å². The van der Waals surface area contributed by atoms with Crippen LogP contribution in [0.5, 0.6) is 0 Å². The van der Waals surface area contributed by atoms with Crippen molar-refractivity contribution in [1.29, 1.82) is 0 Å². The average molecular weight is 366 g/mol. The summed E-state index contributed by atoms with van der Waals surface area (Å²) in [7, 11) is 0. The van der Waals surface area contributed by atoms with E-state index in [1.54, 1.807) is 30.6 Å². The van der Waals surface area contributed by atoms with Gasteiger partial charge in [-0.2, -0.15) is 0 Å². The highest BCUT2D eigenvalue weighted by atomic mass is 32.2. The Morgan fingerprint density at radius 3 is 2.77 bits per heavy atom. The van der Waals surface area contributed by atoms with Gasteiger partial charge in [0.1, 0.15) is 0 Å². The smallest absolute Gasteiger partial charge is 0.261 e. The minimum atomic E-state index is -0.406. The molecule has 1 aromatic heterocycles. The van der Waals surface area contributed by atoms with Crippen molar-refractivity contribution in [3.8, 4) is 0 Å². The first-order valence-corrected chi connectivity index (χ1v) is 9.00. The number of rotatable bonds is 3. The van der Waals surface area contributed by atoms with E-state index in [1.807, 2.05) is 0 Å². The van der Waals surface area contributed by atoms with E-state index in [-0.39, 0.29) is 23.9 Å². The molecule has 0 bridgehead atoms. The number of aliphatic imine (C=N–C) groups is 1. The summed E-state index contributed by atoms with van der Waals surface area (Å²) in [6, 6.07) is 8.09. The van der Waals surface area contributed by atoms with Crippen LogP contribution >= 0.6 is 11.8 Å². The number of aromatic nitrogens is 1. The Morgan fingerprint density at radius 2 is 2.04 bits per heavy atom. The largest absolute Gasteiger partial charge is 0.301 e. The summed E-state index contributed by atoms with van der Waals surface area (Å²) in [6.07, 6.45) is 3.24. The van der Waals surface area contributed by atoms with E-state index in [4.69, 9.17) is 0 Å². The lowest BCUT2D eigenvalue weighted by Gasteiger charge is -2.13. The zero-order chi connectivity index (χ0) is 18.1. The van der Waals surface area contributed by atoms with Crippen LogP contribution in [-0.2, 0) is 6.54 Å².